The van der Waals surface area contributed by atoms with Gasteiger partial charge in [-0.1, -0.05) is 29.8 Å². The fourth-order valence-corrected chi connectivity index (χ4v) is 2.87. The van der Waals surface area contributed by atoms with Crippen molar-refractivity contribution in [2.24, 2.45) is 5.92 Å². The van der Waals surface area contributed by atoms with Crippen molar-refractivity contribution in [1.82, 2.24) is 4.90 Å². The number of nitrogens with zero attached hydrogens (tertiary/aromatic N) is 3. The van der Waals surface area contributed by atoms with E-state index in [4.69, 9.17) is 10.5 Å². The summed E-state index contributed by atoms with van der Waals surface area (Å²) in [6.07, 6.45) is 0.722. The molecule has 1 fully saturated rings. The van der Waals surface area contributed by atoms with Crippen LogP contribution in [0.2, 0.25) is 0 Å². The monoisotopic (exact) mass is 309 g/mol. The number of nitriles is 2. The zero-order chi connectivity index (χ0) is 17.0. The molecular weight excluding hydrogens is 290 g/mol. The number of carbonyl (C=O) groups excluding carboxylic acids is 2. The van der Waals surface area contributed by atoms with Crippen LogP contribution < -0.4 is 0 Å². The lowest BCUT2D eigenvalue weighted by Gasteiger charge is -2.23. The molecule has 0 radical (unpaired) electrons. The van der Waals surface area contributed by atoms with E-state index in [-0.39, 0.29) is 31.2 Å². The number of likely N-dealkylation sites (tertiary alicyclic amines) is 1. The summed E-state index contributed by atoms with van der Waals surface area (Å²) in [5.41, 5.74) is 1.03. The standard InChI is InChI=1S/C18H19N3O2/c1-13-5-7-15(8-6-13)18(2)10-16(22)21(17(18)23)12-14(11-20)4-3-9-19/h5-8,14H,3-4,10,12H2,1-2H3/t14-,18+/m0/s1. The summed E-state index contributed by atoms with van der Waals surface area (Å²) in [5, 5.41) is 17.8. The van der Waals surface area contributed by atoms with Crippen LogP contribution in [-0.2, 0) is 15.0 Å². The Bertz CT molecular complexity index is 696. The highest BCUT2D eigenvalue weighted by molar-refractivity contribution is 6.08. The zero-order valence-electron chi connectivity index (χ0n) is 13.4. The van der Waals surface area contributed by atoms with Gasteiger partial charge in [0.1, 0.15) is 0 Å². The first-order valence-electron chi connectivity index (χ1n) is 7.61. The lowest BCUT2D eigenvalue weighted by atomic mass is 9.80. The first-order valence-corrected chi connectivity index (χ1v) is 7.61. The van der Waals surface area contributed by atoms with E-state index in [1.165, 1.54) is 4.90 Å². The average Bonchev–Trinajstić information content (AvgIpc) is 2.75. The summed E-state index contributed by atoms with van der Waals surface area (Å²) in [5.74, 6) is -1.01. The van der Waals surface area contributed by atoms with Gasteiger partial charge >= 0.3 is 0 Å². The molecule has 5 heteroatoms. The van der Waals surface area contributed by atoms with Gasteiger partial charge in [0.2, 0.25) is 11.8 Å². The molecule has 1 aliphatic heterocycles. The zero-order valence-corrected chi connectivity index (χ0v) is 13.4. The fraction of sp³-hybridized carbons (Fsp3) is 0.444. The van der Waals surface area contributed by atoms with Crippen LogP contribution in [0.25, 0.3) is 0 Å². The number of aryl methyl sites for hydroxylation is 1. The molecule has 0 N–H and O–H groups in total. The van der Waals surface area contributed by atoms with Crippen LogP contribution in [0, 0.1) is 35.5 Å². The van der Waals surface area contributed by atoms with Crippen molar-refractivity contribution < 1.29 is 9.59 Å². The SMILES string of the molecule is Cc1ccc([C@@]2(C)CC(=O)N(C[C@H](C#N)CCC#N)C2=O)cc1. The number of hydrogen-bond acceptors (Lipinski definition) is 4. The Balaban J connectivity index is 2.21. The predicted octanol–water partition coefficient (Wildman–Crippen LogP) is 2.46. The van der Waals surface area contributed by atoms with Crippen LogP contribution in [0.4, 0.5) is 0 Å². The molecule has 0 aliphatic carbocycles. The van der Waals surface area contributed by atoms with Crippen LogP contribution in [0.3, 0.4) is 0 Å². The van der Waals surface area contributed by atoms with Gasteiger partial charge in [0.15, 0.2) is 0 Å². The third kappa shape index (κ3) is 3.24. The molecule has 118 valence electrons. The fourth-order valence-electron chi connectivity index (χ4n) is 2.87. The molecule has 1 aromatic rings. The lowest BCUT2D eigenvalue weighted by Crippen LogP contribution is -2.39. The van der Waals surface area contributed by atoms with Crippen molar-refractivity contribution in [3.05, 3.63) is 35.4 Å². The normalized spacial score (nSPS) is 21.8. The van der Waals surface area contributed by atoms with E-state index in [2.05, 4.69) is 6.07 Å². The molecule has 2 amide bonds. The van der Waals surface area contributed by atoms with E-state index >= 15 is 0 Å². The predicted molar refractivity (Wildman–Crippen MR) is 83.8 cm³/mol. The highest BCUT2D eigenvalue weighted by Gasteiger charge is 2.49. The molecule has 1 saturated heterocycles. The molecule has 0 bridgehead atoms. The van der Waals surface area contributed by atoms with Gasteiger partial charge in [-0.3, -0.25) is 14.5 Å². The Morgan fingerprint density at radius 1 is 1.26 bits per heavy atom. The van der Waals surface area contributed by atoms with Crippen molar-refractivity contribution in [3.8, 4) is 12.1 Å². The summed E-state index contributed by atoms with van der Waals surface area (Å²) < 4.78 is 0. The van der Waals surface area contributed by atoms with E-state index < -0.39 is 11.3 Å². The third-order valence-electron chi connectivity index (χ3n) is 4.40. The van der Waals surface area contributed by atoms with Crippen LogP contribution in [0.5, 0.6) is 0 Å². The van der Waals surface area contributed by atoms with Crippen molar-refractivity contribution in [2.45, 2.75) is 38.5 Å². The minimum Gasteiger partial charge on any atom is -0.280 e. The van der Waals surface area contributed by atoms with Crippen molar-refractivity contribution in [2.75, 3.05) is 6.54 Å². The number of imide groups is 1. The van der Waals surface area contributed by atoms with E-state index in [9.17, 15) is 9.59 Å². The van der Waals surface area contributed by atoms with Crippen LogP contribution in [0.1, 0.15) is 37.3 Å². The molecular formula is C18H19N3O2. The second-order valence-corrected chi connectivity index (χ2v) is 6.21. The Morgan fingerprint density at radius 2 is 1.91 bits per heavy atom. The van der Waals surface area contributed by atoms with Crippen LogP contribution >= 0.6 is 0 Å². The number of carbonyl (C=O) groups is 2. The second-order valence-electron chi connectivity index (χ2n) is 6.21. The van der Waals surface area contributed by atoms with E-state index in [1.807, 2.05) is 37.3 Å². The van der Waals surface area contributed by atoms with Gasteiger partial charge in [0.25, 0.3) is 0 Å². The van der Waals surface area contributed by atoms with Gasteiger partial charge in [-0.25, -0.2) is 0 Å². The summed E-state index contributed by atoms with van der Waals surface area (Å²) in [4.78, 5) is 26.3. The summed E-state index contributed by atoms with van der Waals surface area (Å²) in [6, 6.07) is 11.7. The maximum Gasteiger partial charge on any atom is 0.240 e. The van der Waals surface area contributed by atoms with E-state index in [0.29, 0.717) is 6.42 Å². The number of amides is 2. The van der Waals surface area contributed by atoms with E-state index in [0.717, 1.165) is 11.1 Å². The van der Waals surface area contributed by atoms with Crippen molar-refractivity contribution >= 4 is 11.8 Å². The third-order valence-corrected chi connectivity index (χ3v) is 4.40. The lowest BCUT2D eigenvalue weighted by molar-refractivity contribution is -0.140. The first-order chi connectivity index (χ1) is 10.9. The Kier molecular flexibility index (Phi) is 4.81. The van der Waals surface area contributed by atoms with Crippen molar-refractivity contribution in [3.63, 3.8) is 0 Å². The van der Waals surface area contributed by atoms with Gasteiger partial charge in [-0.05, 0) is 25.8 Å². The topological polar surface area (TPSA) is 85.0 Å². The number of rotatable bonds is 5. The maximum absolute atomic E-state index is 12.8. The van der Waals surface area contributed by atoms with Gasteiger partial charge in [-0.15, -0.1) is 0 Å². The molecule has 2 atom stereocenters. The van der Waals surface area contributed by atoms with Crippen LogP contribution in [-0.4, -0.2) is 23.3 Å². The smallest absolute Gasteiger partial charge is 0.240 e. The van der Waals surface area contributed by atoms with Gasteiger partial charge < -0.3 is 0 Å². The quantitative estimate of drug-likeness (QED) is 0.782. The molecule has 1 aliphatic rings. The van der Waals surface area contributed by atoms with Gasteiger partial charge in [0.05, 0.1) is 23.5 Å². The minimum atomic E-state index is -0.875. The molecule has 23 heavy (non-hydrogen) atoms. The van der Waals surface area contributed by atoms with E-state index in [1.54, 1.807) is 6.92 Å². The molecule has 1 heterocycles. The molecule has 2 rings (SSSR count). The Labute approximate surface area is 136 Å². The molecule has 0 saturated carbocycles. The maximum atomic E-state index is 12.8. The average molecular weight is 309 g/mol. The highest BCUT2D eigenvalue weighted by atomic mass is 16.2. The van der Waals surface area contributed by atoms with Gasteiger partial charge in [0, 0.05) is 19.4 Å². The number of hydrogen-bond donors (Lipinski definition) is 0. The molecule has 1 aromatic carbocycles. The summed E-state index contributed by atoms with van der Waals surface area (Å²) in [7, 11) is 0. The van der Waals surface area contributed by atoms with Crippen LogP contribution in [0.15, 0.2) is 24.3 Å². The van der Waals surface area contributed by atoms with Crippen molar-refractivity contribution in [1.29, 1.82) is 10.5 Å². The van der Waals surface area contributed by atoms with Gasteiger partial charge in [-0.2, -0.15) is 10.5 Å². The highest BCUT2D eigenvalue weighted by Crippen LogP contribution is 2.36. The Hall–Kier alpha value is -2.66. The summed E-state index contributed by atoms with van der Waals surface area (Å²) in [6.45, 7) is 3.80. The molecule has 0 unspecified atom stereocenters. The first kappa shape index (κ1) is 16.7. The summed E-state index contributed by atoms with van der Waals surface area (Å²) >= 11 is 0. The second kappa shape index (κ2) is 6.62. The largest absolute Gasteiger partial charge is 0.280 e. The Morgan fingerprint density at radius 3 is 2.48 bits per heavy atom. The molecule has 0 spiro atoms. The molecule has 0 aromatic heterocycles. The molecule has 5 nitrogen and oxygen atoms in total. The minimum absolute atomic E-state index is 0.0668. The number of benzene rings is 1.